The number of halogens is 1. The Morgan fingerprint density at radius 3 is 2.86 bits per heavy atom. The van der Waals surface area contributed by atoms with Crippen LogP contribution in [0.5, 0.6) is 0 Å². The molecule has 0 aliphatic heterocycles. The summed E-state index contributed by atoms with van der Waals surface area (Å²) >= 11 is 2.25. The van der Waals surface area contributed by atoms with Gasteiger partial charge >= 0.3 is 5.97 Å². The van der Waals surface area contributed by atoms with Gasteiger partial charge in [0.2, 0.25) is 0 Å². The van der Waals surface area contributed by atoms with Gasteiger partial charge in [0.05, 0.1) is 5.92 Å². The maximum atomic E-state index is 10.8. The molecule has 1 aromatic rings. The van der Waals surface area contributed by atoms with Crippen LogP contribution in [0.1, 0.15) is 18.9 Å². The number of benzene rings is 1. The van der Waals surface area contributed by atoms with Crippen molar-refractivity contribution in [2.75, 3.05) is 0 Å². The molecule has 1 N–H and O–H groups in total. The average Bonchev–Trinajstić information content (AvgIpc) is 2.80. The van der Waals surface area contributed by atoms with E-state index in [0.29, 0.717) is 0 Å². The fraction of sp³-hybridized carbons (Fsp3) is 0.364. The summed E-state index contributed by atoms with van der Waals surface area (Å²) in [6.07, 6.45) is 0.766. The van der Waals surface area contributed by atoms with Gasteiger partial charge in [-0.15, -0.1) is 0 Å². The third kappa shape index (κ3) is 1.54. The quantitative estimate of drug-likeness (QED) is 0.853. The SMILES string of the molecule is CC1(c2cccc(I)c2)CC1C(=O)O. The number of carboxylic acids is 1. The van der Waals surface area contributed by atoms with E-state index in [9.17, 15) is 4.79 Å². The second-order valence-corrected chi connectivity index (χ2v) is 5.27. The number of carbonyl (C=O) groups is 1. The summed E-state index contributed by atoms with van der Waals surface area (Å²) in [5.74, 6) is -0.868. The minimum Gasteiger partial charge on any atom is -0.481 e. The van der Waals surface area contributed by atoms with E-state index >= 15 is 0 Å². The molecular weight excluding hydrogens is 291 g/mol. The van der Waals surface area contributed by atoms with Crippen molar-refractivity contribution in [2.24, 2.45) is 5.92 Å². The summed E-state index contributed by atoms with van der Waals surface area (Å²) in [6, 6.07) is 8.10. The summed E-state index contributed by atoms with van der Waals surface area (Å²) in [4.78, 5) is 10.8. The monoisotopic (exact) mass is 302 g/mol. The van der Waals surface area contributed by atoms with E-state index in [-0.39, 0.29) is 11.3 Å². The third-order valence-corrected chi connectivity index (χ3v) is 3.69. The fourth-order valence-corrected chi connectivity index (χ4v) is 2.43. The number of aliphatic carboxylic acids is 1. The maximum Gasteiger partial charge on any atom is 0.307 e. The van der Waals surface area contributed by atoms with Crippen LogP contribution >= 0.6 is 22.6 Å². The molecule has 3 heteroatoms. The third-order valence-electron chi connectivity index (χ3n) is 3.02. The van der Waals surface area contributed by atoms with Gasteiger partial charge in [-0.25, -0.2) is 0 Å². The first-order valence-corrected chi connectivity index (χ1v) is 5.61. The lowest BCUT2D eigenvalue weighted by Gasteiger charge is -2.10. The number of hydrogen-bond acceptors (Lipinski definition) is 1. The van der Waals surface area contributed by atoms with Crippen LogP contribution in [0, 0.1) is 9.49 Å². The van der Waals surface area contributed by atoms with E-state index in [4.69, 9.17) is 5.11 Å². The van der Waals surface area contributed by atoms with Gasteiger partial charge in [-0.05, 0) is 46.7 Å². The summed E-state index contributed by atoms with van der Waals surface area (Å²) in [5, 5.41) is 8.92. The molecule has 14 heavy (non-hydrogen) atoms. The van der Waals surface area contributed by atoms with Crippen molar-refractivity contribution in [2.45, 2.75) is 18.8 Å². The van der Waals surface area contributed by atoms with Gasteiger partial charge < -0.3 is 5.11 Å². The van der Waals surface area contributed by atoms with Crippen LogP contribution in [-0.4, -0.2) is 11.1 Å². The Labute approximate surface area is 96.5 Å². The van der Waals surface area contributed by atoms with Crippen LogP contribution in [0.3, 0.4) is 0 Å². The van der Waals surface area contributed by atoms with Gasteiger partial charge in [-0.2, -0.15) is 0 Å². The molecule has 0 aromatic heterocycles. The lowest BCUT2D eigenvalue weighted by Crippen LogP contribution is -2.10. The Bertz CT molecular complexity index is 389. The topological polar surface area (TPSA) is 37.3 Å². The predicted octanol–water partition coefficient (Wildman–Crippen LogP) is 2.65. The molecule has 2 unspecified atom stereocenters. The molecule has 1 aliphatic rings. The van der Waals surface area contributed by atoms with Crippen molar-refractivity contribution >= 4 is 28.6 Å². The van der Waals surface area contributed by atoms with Crippen molar-refractivity contribution in [3.8, 4) is 0 Å². The maximum absolute atomic E-state index is 10.8. The standard InChI is InChI=1S/C11H11IO2/c1-11(6-9(11)10(13)14)7-3-2-4-8(12)5-7/h2-5,9H,6H2,1H3,(H,13,14). The first kappa shape index (κ1) is 9.96. The van der Waals surface area contributed by atoms with Crippen LogP contribution in [0.4, 0.5) is 0 Å². The van der Waals surface area contributed by atoms with Crippen LogP contribution < -0.4 is 0 Å². The van der Waals surface area contributed by atoms with Crippen LogP contribution in [-0.2, 0) is 10.2 Å². The van der Waals surface area contributed by atoms with Gasteiger partial charge in [0, 0.05) is 8.99 Å². The molecule has 1 aliphatic carbocycles. The first-order valence-electron chi connectivity index (χ1n) is 4.53. The van der Waals surface area contributed by atoms with E-state index in [1.54, 1.807) is 0 Å². The molecule has 0 bridgehead atoms. The predicted molar refractivity (Wildman–Crippen MR) is 62.3 cm³/mol. The van der Waals surface area contributed by atoms with Crippen LogP contribution in [0.15, 0.2) is 24.3 Å². The van der Waals surface area contributed by atoms with Gasteiger partial charge in [0.15, 0.2) is 0 Å². The number of carboxylic acid groups (broad SMARTS) is 1. The zero-order valence-electron chi connectivity index (χ0n) is 7.83. The van der Waals surface area contributed by atoms with Gasteiger partial charge in [-0.1, -0.05) is 19.1 Å². The molecule has 74 valence electrons. The second-order valence-electron chi connectivity index (χ2n) is 4.02. The van der Waals surface area contributed by atoms with Crippen LogP contribution in [0.25, 0.3) is 0 Å². The molecule has 0 heterocycles. The van der Waals surface area contributed by atoms with Crippen molar-refractivity contribution in [1.29, 1.82) is 0 Å². The lowest BCUT2D eigenvalue weighted by atomic mass is 9.96. The van der Waals surface area contributed by atoms with Crippen molar-refractivity contribution in [3.63, 3.8) is 0 Å². The van der Waals surface area contributed by atoms with Crippen LogP contribution in [0.2, 0.25) is 0 Å². The lowest BCUT2D eigenvalue weighted by molar-refractivity contribution is -0.138. The normalized spacial score (nSPS) is 30.0. The minimum absolute atomic E-state index is 0.132. The van der Waals surface area contributed by atoms with Crippen molar-refractivity contribution in [1.82, 2.24) is 0 Å². The Hall–Kier alpha value is -0.580. The molecule has 0 amide bonds. The van der Waals surface area contributed by atoms with E-state index in [1.807, 2.05) is 25.1 Å². The van der Waals surface area contributed by atoms with E-state index in [0.717, 1.165) is 15.6 Å². The number of rotatable bonds is 2. The van der Waals surface area contributed by atoms with E-state index in [2.05, 4.69) is 28.7 Å². The molecule has 2 rings (SSSR count). The molecule has 1 saturated carbocycles. The molecule has 0 saturated heterocycles. The highest BCUT2D eigenvalue weighted by atomic mass is 127. The molecule has 0 spiro atoms. The molecule has 1 aromatic carbocycles. The summed E-state index contributed by atoms with van der Waals surface area (Å²) in [5.41, 5.74) is 1.02. The molecule has 1 fully saturated rings. The fourth-order valence-electron chi connectivity index (χ4n) is 1.89. The minimum atomic E-state index is -0.675. The zero-order valence-corrected chi connectivity index (χ0v) is 9.98. The Morgan fingerprint density at radius 2 is 2.36 bits per heavy atom. The summed E-state index contributed by atoms with van der Waals surface area (Å²) in [6.45, 7) is 2.02. The molecule has 2 atom stereocenters. The van der Waals surface area contributed by atoms with Gasteiger partial charge in [0.25, 0.3) is 0 Å². The second kappa shape index (κ2) is 3.22. The van der Waals surface area contributed by atoms with Gasteiger partial charge in [-0.3, -0.25) is 4.79 Å². The summed E-state index contributed by atoms with van der Waals surface area (Å²) in [7, 11) is 0. The number of hydrogen-bond donors (Lipinski definition) is 1. The summed E-state index contributed by atoms with van der Waals surface area (Å²) < 4.78 is 1.16. The smallest absolute Gasteiger partial charge is 0.307 e. The molecular formula is C11H11IO2. The Kier molecular flexibility index (Phi) is 2.29. The van der Waals surface area contributed by atoms with E-state index in [1.165, 1.54) is 0 Å². The average molecular weight is 302 g/mol. The highest BCUT2D eigenvalue weighted by molar-refractivity contribution is 14.1. The largest absolute Gasteiger partial charge is 0.481 e. The molecule has 2 nitrogen and oxygen atoms in total. The highest BCUT2D eigenvalue weighted by Crippen LogP contribution is 2.54. The van der Waals surface area contributed by atoms with Gasteiger partial charge in [0.1, 0.15) is 0 Å². The van der Waals surface area contributed by atoms with E-state index < -0.39 is 5.97 Å². The van der Waals surface area contributed by atoms with Crippen molar-refractivity contribution in [3.05, 3.63) is 33.4 Å². The Morgan fingerprint density at radius 1 is 1.64 bits per heavy atom. The first-order chi connectivity index (χ1) is 6.54. The molecule has 0 radical (unpaired) electrons. The highest BCUT2D eigenvalue weighted by Gasteiger charge is 2.55. The zero-order chi connectivity index (χ0) is 10.3. The van der Waals surface area contributed by atoms with Crippen molar-refractivity contribution < 1.29 is 9.90 Å². The Balaban J connectivity index is 2.30.